The molecular weight excluding hydrogens is 432 g/mol. The lowest BCUT2D eigenvalue weighted by Gasteiger charge is -2.16. The molecule has 1 aliphatic rings. The molecule has 170 valence electrons. The predicted octanol–water partition coefficient (Wildman–Crippen LogP) is 4.15. The van der Waals surface area contributed by atoms with Gasteiger partial charge in [-0.15, -0.1) is 10.2 Å². The van der Waals surface area contributed by atoms with Gasteiger partial charge in [-0.1, -0.05) is 18.2 Å². The maximum Gasteiger partial charge on any atom is 0.335 e. The SMILES string of the molecule is Cc1cc(C(=O)O)cc(-c2ccc3c(c2)C(=O)N(c2cccc(-c4nncn4C(C)C)n2)C3)n1. The van der Waals surface area contributed by atoms with E-state index in [-0.39, 0.29) is 17.5 Å². The molecule has 0 unspecified atom stereocenters. The van der Waals surface area contributed by atoms with E-state index in [2.05, 4.69) is 15.2 Å². The number of carbonyl (C=O) groups is 2. The van der Waals surface area contributed by atoms with Gasteiger partial charge in [-0.3, -0.25) is 14.7 Å². The number of carboxylic acid groups (broad SMARTS) is 1. The molecule has 0 bridgehead atoms. The Morgan fingerprint density at radius 2 is 1.88 bits per heavy atom. The fourth-order valence-electron chi connectivity index (χ4n) is 4.09. The van der Waals surface area contributed by atoms with Crippen LogP contribution in [0.25, 0.3) is 22.8 Å². The summed E-state index contributed by atoms with van der Waals surface area (Å²) < 4.78 is 1.93. The predicted molar refractivity (Wildman–Crippen MR) is 126 cm³/mol. The van der Waals surface area contributed by atoms with Crippen LogP contribution in [-0.4, -0.2) is 41.7 Å². The Bertz CT molecular complexity index is 1440. The topological polar surface area (TPSA) is 114 Å². The third-order valence-corrected chi connectivity index (χ3v) is 5.78. The smallest absolute Gasteiger partial charge is 0.335 e. The molecule has 0 aliphatic carbocycles. The highest BCUT2D eigenvalue weighted by atomic mass is 16.4. The summed E-state index contributed by atoms with van der Waals surface area (Å²) in [6.07, 6.45) is 1.67. The number of nitrogens with zero attached hydrogens (tertiary/aromatic N) is 6. The number of anilines is 1. The van der Waals surface area contributed by atoms with Crippen LogP contribution >= 0.6 is 0 Å². The van der Waals surface area contributed by atoms with Crippen LogP contribution in [0.2, 0.25) is 0 Å². The molecule has 1 aliphatic heterocycles. The molecule has 9 nitrogen and oxygen atoms in total. The van der Waals surface area contributed by atoms with Crippen molar-refractivity contribution in [1.29, 1.82) is 0 Å². The van der Waals surface area contributed by atoms with Crippen LogP contribution in [0.1, 0.15) is 51.9 Å². The van der Waals surface area contributed by atoms with Crippen LogP contribution in [0.15, 0.2) is 54.9 Å². The molecule has 1 aromatic carbocycles. The van der Waals surface area contributed by atoms with Gasteiger partial charge in [-0.25, -0.2) is 9.78 Å². The second-order valence-electron chi connectivity index (χ2n) is 8.49. The van der Waals surface area contributed by atoms with E-state index in [4.69, 9.17) is 4.98 Å². The molecule has 0 spiro atoms. The van der Waals surface area contributed by atoms with Gasteiger partial charge in [0, 0.05) is 22.9 Å². The number of aryl methyl sites for hydroxylation is 1. The minimum Gasteiger partial charge on any atom is -0.478 e. The van der Waals surface area contributed by atoms with Gasteiger partial charge in [0.1, 0.15) is 17.8 Å². The van der Waals surface area contributed by atoms with E-state index in [1.165, 1.54) is 12.1 Å². The first-order valence-corrected chi connectivity index (χ1v) is 10.9. The summed E-state index contributed by atoms with van der Waals surface area (Å²) in [4.78, 5) is 35.6. The van der Waals surface area contributed by atoms with Gasteiger partial charge in [-0.2, -0.15) is 0 Å². The second kappa shape index (κ2) is 8.18. The van der Waals surface area contributed by atoms with Crippen LogP contribution in [0.4, 0.5) is 5.82 Å². The molecule has 0 atom stereocenters. The summed E-state index contributed by atoms with van der Waals surface area (Å²) in [5, 5.41) is 17.6. The Morgan fingerprint density at radius 1 is 1.06 bits per heavy atom. The van der Waals surface area contributed by atoms with Gasteiger partial charge in [0.05, 0.1) is 17.8 Å². The van der Waals surface area contributed by atoms with E-state index in [0.29, 0.717) is 46.4 Å². The van der Waals surface area contributed by atoms with Gasteiger partial charge in [0.25, 0.3) is 5.91 Å². The van der Waals surface area contributed by atoms with Crippen molar-refractivity contribution in [2.45, 2.75) is 33.4 Å². The average Bonchev–Trinajstić information content (AvgIpc) is 3.44. The number of aromatic carboxylic acids is 1. The number of amides is 1. The minimum atomic E-state index is -1.02. The normalized spacial score (nSPS) is 12.9. The molecule has 5 rings (SSSR count). The molecule has 3 aromatic heterocycles. The molecule has 1 N–H and O–H groups in total. The zero-order chi connectivity index (χ0) is 24.0. The summed E-state index contributed by atoms with van der Waals surface area (Å²) in [5.74, 6) is -0.0178. The van der Waals surface area contributed by atoms with E-state index in [0.717, 1.165) is 5.56 Å². The van der Waals surface area contributed by atoms with E-state index in [1.807, 2.05) is 42.7 Å². The summed E-state index contributed by atoms with van der Waals surface area (Å²) in [6.45, 7) is 6.22. The lowest BCUT2D eigenvalue weighted by Crippen LogP contribution is -2.24. The van der Waals surface area contributed by atoms with Crippen molar-refractivity contribution in [3.05, 3.63) is 77.2 Å². The summed E-state index contributed by atoms with van der Waals surface area (Å²) in [7, 11) is 0. The largest absolute Gasteiger partial charge is 0.478 e. The number of hydrogen-bond acceptors (Lipinski definition) is 6. The zero-order valence-corrected chi connectivity index (χ0v) is 18.9. The first-order chi connectivity index (χ1) is 16.3. The van der Waals surface area contributed by atoms with E-state index in [9.17, 15) is 14.7 Å². The Balaban J connectivity index is 1.48. The minimum absolute atomic E-state index is 0.159. The molecule has 0 fully saturated rings. The zero-order valence-electron chi connectivity index (χ0n) is 18.9. The van der Waals surface area contributed by atoms with Crippen molar-refractivity contribution in [2.24, 2.45) is 0 Å². The van der Waals surface area contributed by atoms with Crippen molar-refractivity contribution in [3.63, 3.8) is 0 Å². The number of fused-ring (bicyclic) bond motifs is 1. The Labute approximate surface area is 195 Å². The van der Waals surface area contributed by atoms with Gasteiger partial charge in [0.2, 0.25) is 0 Å². The van der Waals surface area contributed by atoms with E-state index in [1.54, 1.807) is 30.3 Å². The fourth-order valence-corrected chi connectivity index (χ4v) is 4.09. The highest BCUT2D eigenvalue weighted by Gasteiger charge is 2.30. The highest BCUT2D eigenvalue weighted by molar-refractivity contribution is 6.10. The molecule has 0 saturated carbocycles. The van der Waals surface area contributed by atoms with E-state index >= 15 is 0 Å². The quantitative estimate of drug-likeness (QED) is 0.482. The van der Waals surface area contributed by atoms with Crippen LogP contribution in [0.5, 0.6) is 0 Å². The number of pyridine rings is 2. The lowest BCUT2D eigenvalue weighted by molar-refractivity contribution is 0.0696. The number of carbonyl (C=O) groups excluding carboxylic acids is 1. The van der Waals surface area contributed by atoms with Crippen molar-refractivity contribution in [3.8, 4) is 22.8 Å². The second-order valence-corrected chi connectivity index (χ2v) is 8.49. The highest BCUT2D eigenvalue weighted by Crippen LogP contribution is 2.32. The molecule has 1 amide bonds. The van der Waals surface area contributed by atoms with Gasteiger partial charge < -0.3 is 9.67 Å². The molecular formula is C25H22N6O3. The van der Waals surface area contributed by atoms with Crippen LogP contribution < -0.4 is 4.90 Å². The summed E-state index contributed by atoms with van der Waals surface area (Å²) >= 11 is 0. The van der Waals surface area contributed by atoms with Crippen molar-refractivity contribution in [1.82, 2.24) is 24.7 Å². The molecule has 4 heterocycles. The number of aromatic nitrogens is 5. The summed E-state index contributed by atoms with van der Waals surface area (Å²) in [6, 6.07) is 14.2. The Kier molecular flexibility index (Phi) is 5.16. The number of carboxylic acids is 1. The van der Waals surface area contributed by atoms with Crippen LogP contribution in [0, 0.1) is 6.92 Å². The maximum absolute atomic E-state index is 13.3. The Morgan fingerprint density at radius 3 is 2.65 bits per heavy atom. The van der Waals surface area contributed by atoms with Crippen LogP contribution in [-0.2, 0) is 6.54 Å². The number of benzene rings is 1. The molecule has 0 radical (unpaired) electrons. The number of rotatable bonds is 5. The molecule has 9 heteroatoms. The van der Waals surface area contributed by atoms with E-state index < -0.39 is 5.97 Å². The third-order valence-electron chi connectivity index (χ3n) is 5.78. The van der Waals surface area contributed by atoms with Crippen molar-refractivity contribution in [2.75, 3.05) is 4.90 Å². The maximum atomic E-state index is 13.3. The first-order valence-electron chi connectivity index (χ1n) is 10.9. The standard InChI is InChI=1S/C25H22N6O3/c1-14(2)31-13-26-29-23(31)20-5-4-6-22(28-20)30-12-17-8-7-16(10-19(17)24(30)32)21-11-18(25(33)34)9-15(3)27-21/h4-11,13-14H,12H2,1-3H3,(H,33,34). The van der Waals surface area contributed by atoms with Gasteiger partial charge >= 0.3 is 5.97 Å². The Hall–Kier alpha value is -4.40. The van der Waals surface area contributed by atoms with Gasteiger partial charge in [-0.05, 0) is 56.7 Å². The van der Waals surface area contributed by atoms with Crippen molar-refractivity contribution < 1.29 is 14.7 Å². The molecule has 0 saturated heterocycles. The molecule has 4 aromatic rings. The number of hydrogen-bond donors (Lipinski definition) is 1. The monoisotopic (exact) mass is 454 g/mol. The summed E-state index contributed by atoms with van der Waals surface area (Å²) in [5.41, 5.74) is 4.02. The lowest BCUT2D eigenvalue weighted by atomic mass is 10.0. The third kappa shape index (κ3) is 3.71. The fraction of sp³-hybridized carbons (Fsp3) is 0.200. The van der Waals surface area contributed by atoms with Gasteiger partial charge in [0.15, 0.2) is 5.82 Å². The van der Waals surface area contributed by atoms with Crippen LogP contribution in [0.3, 0.4) is 0 Å². The molecule has 34 heavy (non-hydrogen) atoms. The average molecular weight is 454 g/mol. The van der Waals surface area contributed by atoms with Crippen molar-refractivity contribution >= 4 is 17.7 Å². The first kappa shape index (κ1) is 21.4.